The number of nitrogens with zero attached hydrogens (tertiary/aromatic N) is 2. The number of hydrogen-bond donors (Lipinski definition) is 0. The Balaban J connectivity index is 1.62. The van der Waals surface area contributed by atoms with Crippen LogP contribution >= 0.6 is 11.6 Å². The summed E-state index contributed by atoms with van der Waals surface area (Å²) in [6.07, 6.45) is 9.63. The van der Waals surface area contributed by atoms with Crippen molar-refractivity contribution >= 4 is 28.8 Å². The van der Waals surface area contributed by atoms with Crippen LogP contribution in [-0.4, -0.2) is 15.8 Å². The van der Waals surface area contributed by atoms with Gasteiger partial charge in [0.15, 0.2) is 0 Å². The number of halogens is 1. The molecule has 5 heteroatoms. The second-order valence-corrected chi connectivity index (χ2v) is 9.94. The van der Waals surface area contributed by atoms with Gasteiger partial charge in [0.25, 0.3) is 5.56 Å². The van der Waals surface area contributed by atoms with Gasteiger partial charge in [-0.05, 0) is 67.3 Å². The maximum Gasteiger partial charge on any atom is 0.282 e. The van der Waals surface area contributed by atoms with Gasteiger partial charge in [-0.25, -0.2) is 0 Å². The Hall–Kier alpha value is -2.46. The van der Waals surface area contributed by atoms with Crippen LogP contribution in [0.1, 0.15) is 74.2 Å². The predicted molar refractivity (Wildman–Crippen MR) is 122 cm³/mol. The highest BCUT2D eigenvalue weighted by molar-refractivity contribution is 6.35. The van der Waals surface area contributed by atoms with Gasteiger partial charge in [-0.1, -0.05) is 49.1 Å². The van der Waals surface area contributed by atoms with E-state index in [4.69, 9.17) is 11.6 Å². The van der Waals surface area contributed by atoms with Crippen molar-refractivity contribution in [2.75, 3.05) is 0 Å². The second-order valence-electron chi connectivity index (χ2n) is 9.54. The van der Waals surface area contributed by atoms with E-state index in [1.54, 1.807) is 6.07 Å². The smallest absolute Gasteiger partial charge is 0.282 e. The lowest BCUT2D eigenvalue weighted by atomic mass is 9.69. The standard InChI is InChI=1S/C26H25ClN2O2/c27-20-5-4-6-21-23(20)24(31)28-25-26(11-2-1-3-12-26)19-10-9-18(14-22(19)29(21)25)17-8-7-16(13-17)15-30/h4-6,9-10,14-17H,1-3,7-8,11-13H2. The normalized spacial score (nSPS) is 23.8. The summed E-state index contributed by atoms with van der Waals surface area (Å²) in [6, 6.07) is 12.5. The lowest BCUT2D eigenvalue weighted by molar-refractivity contribution is -0.110. The summed E-state index contributed by atoms with van der Waals surface area (Å²) in [6.45, 7) is 0. The Morgan fingerprint density at radius 3 is 2.71 bits per heavy atom. The number of rotatable bonds is 2. The molecule has 0 radical (unpaired) electrons. The Bertz CT molecular complexity index is 1270. The minimum atomic E-state index is -0.227. The van der Waals surface area contributed by atoms with Gasteiger partial charge in [0.1, 0.15) is 12.1 Å². The molecular formula is C26H25ClN2O2. The Kier molecular flexibility index (Phi) is 4.36. The molecule has 0 saturated heterocycles. The second kappa shape index (κ2) is 7.03. The van der Waals surface area contributed by atoms with Crippen molar-refractivity contribution in [2.24, 2.45) is 5.92 Å². The van der Waals surface area contributed by atoms with Crippen LogP contribution < -0.4 is 5.56 Å². The molecule has 2 aromatic carbocycles. The zero-order chi connectivity index (χ0) is 21.2. The van der Waals surface area contributed by atoms with E-state index < -0.39 is 0 Å². The van der Waals surface area contributed by atoms with Crippen LogP contribution in [0.5, 0.6) is 0 Å². The van der Waals surface area contributed by atoms with Crippen molar-refractivity contribution in [1.82, 2.24) is 9.55 Å². The zero-order valence-electron chi connectivity index (χ0n) is 17.4. The molecule has 1 aromatic heterocycles. The van der Waals surface area contributed by atoms with Crippen LogP contribution in [0.4, 0.5) is 0 Å². The molecule has 2 heterocycles. The van der Waals surface area contributed by atoms with E-state index in [1.807, 2.05) is 12.1 Å². The van der Waals surface area contributed by atoms with Crippen molar-refractivity contribution in [3.63, 3.8) is 0 Å². The summed E-state index contributed by atoms with van der Waals surface area (Å²) >= 11 is 6.45. The molecule has 2 atom stereocenters. The van der Waals surface area contributed by atoms with E-state index in [9.17, 15) is 9.59 Å². The fourth-order valence-electron chi connectivity index (χ4n) is 6.40. The topological polar surface area (TPSA) is 52.0 Å². The minimum absolute atomic E-state index is 0.173. The van der Waals surface area contributed by atoms with Crippen LogP contribution in [0, 0.1) is 5.92 Å². The zero-order valence-corrected chi connectivity index (χ0v) is 18.2. The summed E-state index contributed by atoms with van der Waals surface area (Å²) in [5.74, 6) is 1.47. The van der Waals surface area contributed by atoms with Gasteiger partial charge in [0, 0.05) is 5.92 Å². The molecule has 0 N–H and O–H groups in total. The van der Waals surface area contributed by atoms with E-state index in [-0.39, 0.29) is 16.9 Å². The maximum absolute atomic E-state index is 13.0. The first-order valence-corrected chi connectivity index (χ1v) is 11.8. The van der Waals surface area contributed by atoms with Crippen LogP contribution in [0.15, 0.2) is 41.2 Å². The predicted octanol–water partition coefficient (Wildman–Crippen LogP) is 5.69. The van der Waals surface area contributed by atoms with Crippen molar-refractivity contribution < 1.29 is 4.79 Å². The summed E-state index contributed by atoms with van der Waals surface area (Å²) in [4.78, 5) is 29.0. The van der Waals surface area contributed by atoms with Crippen molar-refractivity contribution in [3.8, 4) is 5.69 Å². The minimum Gasteiger partial charge on any atom is -0.303 e. The molecule has 3 aliphatic rings. The number of benzene rings is 2. The molecule has 4 nitrogen and oxygen atoms in total. The van der Waals surface area contributed by atoms with Crippen molar-refractivity contribution in [3.05, 3.63) is 68.7 Å². The third-order valence-electron chi connectivity index (χ3n) is 7.92. The highest BCUT2D eigenvalue weighted by Gasteiger charge is 2.46. The number of carbonyl (C=O) groups excluding carboxylic acids is 1. The molecule has 2 unspecified atom stereocenters. The first-order chi connectivity index (χ1) is 15.1. The molecule has 31 heavy (non-hydrogen) atoms. The highest BCUT2D eigenvalue weighted by Crippen LogP contribution is 2.52. The van der Waals surface area contributed by atoms with Gasteiger partial charge in [-0.15, -0.1) is 0 Å². The average Bonchev–Trinajstić information content (AvgIpc) is 3.37. The van der Waals surface area contributed by atoms with Gasteiger partial charge in [0.05, 0.1) is 27.0 Å². The average molecular weight is 433 g/mol. The van der Waals surface area contributed by atoms with Gasteiger partial charge < -0.3 is 4.79 Å². The number of aromatic nitrogens is 2. The fourth-order valence-corrected chi connectivity index (χ4v) is 6.65. The van der Waals surface area contributed by atoms with Crippen LogP contribution in [0.25, 0.3) is 16.6 Å². The summed E-state index contributed by atoms with van der Waals surface area (Å²) in [5, 5.41) is 0.955. The van der Waals surface area contributed by atoms with E-state index in [1.165, 1.54) is 17.5 Å². The van der Waals surface area contributed by atoms with Crippen LogP contribution in [0.2, 0.25) is 5.02 Å². The van der Waals surface area contributed by atoms with E-state index >= 15 is 0 Å². The molecule has 158 valence electrons. The van der Waals surface area contributed by atoms with E-state index in [2.05, 4.69) is 27.8 Å². The Morgan fingerprint density at radius 2 is 1.94 bits per heavy atom. The molecule has 2 fully saturated rings. The van der Waals surface area contributed by atoms with Gasteiger partial charge in [-0.3, -0.25) is 9.36 Å². The molecule has 6 rings (SSSR count). The lowest BCUT2D eigenvalue weighted by Gasteiger charge is -2.33. The van der Waals surface area contributed by atoms with Crippen LogP contribution in [0.3, 0.4) is 0 Å². The molecule has 0 amide bonds. The number of aldehydes is 1. The summed E-state index contributed by atoms with van der Waals surface area (Å²) in [7, 11) is 0. The third-order valence-corrected chi connectivity index (χ3v) is 8.23. The van der Waals surface area contributed by atoms with Crippen molar-refractivity contribution in [2.45, 2.75) is 62.7 Å². The SMILES string of the molecule is O=CC1CCC(c2ccc3c(c2)-n2c(nc(=O)c4c(Cl)cccc42)C32CCCCC2)C1. The van der Waals surface area contributed by atoms with Crippen molar-refractivity contribution in [1.29, 1.82) is 0 Å². The number of fused-ring (bicyclic) bond motifs is 7. The number of carbonyl (C=O) groups is 1. The molecule has 3 aromatic rings. The molecule has 0 bridgehead atoms. The molecule has 1 spiro atoms. The van der Waals surface area contributed by atoms with E-state index in [0.29, 0.717) is 16.3 Å². The lowest BCUT2D eigenvalue weighted by Crippen LogP contribution is -2.32. The molecule has 1 aliphatic heterocycles. The first kappa shape index (κ1) is 19.2. The van der Waals surface area contributed by atoms with Gasteiger partial charge in [-0.2, -0.15) is 4.98 Å². The number of hydrogen-bond acceptors (Lipinski definition) is 3. The van der Waals surface area contributed by atoms with Crippen LogP contribution in [-0.2, 0) is 10.2 Å². The quantitative estimate of drug-likeness (QED) is 0.489. The summed E-state index contributed by atoms with van der Waals surface area (Å²) in [5.41, 5.74) is 4.15. The highest BCUT2D eigenvalue weighted by atomic mass is 35.5. The first-order valence-electron chi connectivity index (χ1n) is 11.4. The van der Waals surface area contributed by atoms with Gasteiger partial charge >= 0.3 is 0 Å². The molecular weight excluding hydrogens is 408 g/mol. The monoisotopic (exact) mass is 432 g/mol. The molecule has 2 saturated carbocycles. The summed E-state index contributed by atoms with van der Waals surface area (Å²) < 4.78 is 2.21. The largest absolute Gasteiger partial charge is 0.303 e. The Labute approximate surface area is 186 Å². The fraction of sp³-hybridized carbons (Fsp3) is 0.423. The molecule has 2 aliphatic carbocycles. The van der Waals surface area contributed by atoms with Gasteiger partial charge in [0.2, 0.25) is 0 Å². The maximum atomic E-state index is 13.0. The van der Waals surface area contributed by atoms with E-state index in [0.717, 1.165) is 68.3 Å². The third kappa shape index (κ3) is 2.70. The Morgan fingerprint density at radius 1 is 1.10 bits per heavy atom.